The van der Waals surface area contributed by atoms with Crippen LogP contribution in [-0.2, 0) is 4.57 Å². The van der Waals surface area contributed by atoms with Crippen molar-refractivity contribution in [3.8, 4) is 0 Å². The molecule has 0 heterocycles. The first-order chi connectivity index (χ1) is 3.65. The fraction of sp³-hybridized carbons (Fsp3) is 1.00. The van der Waals surface area contributed by atoms with Crippen LogP contribution in [0, 0.1) is 0 Å². The molecule has 0 fully saturated rings. The van der Waals surface area contributed by atoms with Gasteiger partial charge in [-0.25, -0.2) is 0 Å². The molecule has 0 aromatic heterocycles. The summed E-state index contributed by atoms with van der Waals surface area (Å²) in [5.41, 5.74) is 0. The van der Waals surface area contributed by atoms with Gasteiger partial charge in [-0.1, -0.05) is 15.2 Å². The summed E-state index contributed by atoms with van der Waals surface area (Å²) in [4.78, 5) is 17.0. The van der Waals surface area contributed by atoms with E-state index < -0.39 is 8.25 Å². The summed E-state index contributed by atoms with van der Waals surface area (Å²) in [6.07, 6.45) is 1.18. The summed E-state index contributed by atoms with van der Waals surface area (Å²) in [5, 5.41) is 0. The van der Waals surface area contributed by atoms with Crippen LogP contribution in [0.3, 0.4) is 0 Å². The summed E-state index contributed by atoms with van der Waals surface area (Å²) < 4.78 is 8.52. The molecule has 0 aliphatic heterocycles. The minimum absolute atomic E-state index is 0. The number of rotatable bonds is 1. The van der Waals surface area contributed by atoms with Gasteiger partial charge in [0.1, 0.15) is 0 Å². The molecule has 0 rings (SSSR count). The molecule has 7 heteroatoms. The third kappa shape index (κ3) is 77.4. The third-order valence-electron chi connectivity index (χ3n) is 0.224. The average Bonchev–Trinajstić information content (AvgIpc) is 1.65. The zero-order valence-electron chi connectivity index (χ0n) is 6.59. The van der Waals surface area contributed by atoms with Gasteiger partial charge >= 0.3 is 59.1 Å². The first kappa shape index (κ1) is 22.9. The molecule has 0 radical (unpaired) electrons. The molecular formula is C3H9Na2O3PS. The van der Waals surface area contributed by atoms with E-state index in [0.717, 1.165) is 5.75 Å². The van der Waals surface area contributed by atoms with E-state index in [9.17, 15) is 0 Å². The molecule has 52 valence electrons. The molecule has 0 atom stereocenters. The van der Waals surface area contributed by atoms with E-state index in [4.69, 9.17) is 14.4 Å². The Morgan fingerprint density at radius 1 is 1.40 bits per heavy atom. The fourth-order valence-electron chi connectivity index (χ4n) is 0. The molecule has 0 spiro atoms. The molecule has 0 aliphatic rings. The summed E-state index contributed by atoms with van der Waals surface area (Å²) in [7, 11) is -3.63. The van der Waals surface area contributed by atoms with Crippen LogP contribution in [0.5, 0.6) is 0 Å². The number of thiol groups is 1. The largest absolute Gasteiger partial charge is 1.00 e. The van der Waals surface area contributed by atoms with Crippen molar-refractivity contribution in [3.63, 3.8) is 0 Å². The molecule has 0 N–H and O–H groups in total. The third-order valence-corrected chi connectivity index (χ3v) is 0.671. The molecule has 0 amide bonds. The zero-order valence-corrected chi connectivity index (χ0v) is 12.5. The normalized spacial score (nSPS) is 6.50. The van der Waals surface area contributed by atoms with E-state index in [0.29, 0.717) is 0 Å². The Labute approximate surface area is 112 Å². The van der Waals surface area contributed by atoms with Crippen LogP contribution in [0.25, 0.3) is 0 Å². The molecule has 0 aliphatic carbocycles. The Balaban J connectivity index is -0.0000000300. The van der Waals surface area contributed by atoms with Crippen molar-refractivity contribution in [3.05, 3.63) is 0 Å². The molecule has 3 nitrogen and oxygen atoms in total. The van der Waals surface area contributed by atoms with Crippen molar-refractivity contribution in [2.45, 2.75) is 13.3 Å². The van der Waals surface area contributed by atoms with Crippen molar-refractivity contribution < 1.29 is 73.5 Å². The van der Waals surface area contributed by atoms with Crippen molar-refractivity contribution in [2.24, 2.45) is 0 Å². The van der Waals surface area contributed by atoms with E-state index in [2.05, 4.69) is 19.6 Å². The molecule has 0 saturated carbocycles. The van der Waals surface area contributed by atoms with Gasteiger partial charge in [-0.2, -0.15) is 12.6 Å². The van der Waals surface area contributed by atoms with Gasteiger partial charge in [-0.3, -0.25) is 0 Å². The number of hydrogen-bond donors (Lipinski definition) is 1. The fourth-order valence-corrected chi connectivity index (χ4v) is 0. The Hall–Kier alpha value is 2.50. The maximum Gasteiger partial charge on any atom is 1.00 e. The van der Waals surface area contributed by atoms with E-state index in [-0.39, 0.29) is 59.1 Å². The average molecular weight is 202 g/mol. The maximum atomic E-state index is 8.52. The van der Waals surface area contributed by atoms with Crippen LogP contribution < -0.4 is 68.9 Å². The van der Waals surface area contributed by atoms with Gasteiger partial charge in [0.05, 0.1) is 0 Å². The summed E-state index contributed by atoms with van der Waals surface area (Å²) in [5.74, 6) is 1.01. The standard InChI is InChI=1S/C3H8S.2Na.H3O3P/c1-2-3-4;;;1-4(2)3/h4H,2-3H2,1H3;;;4H,(H2,1,2,3)/q;2*+1;/p-2. The van der Waals surface area contributed by atoms with Crippen molar-refractivity contribution >= 4 is 20.9 Å². The van der Waals surface area contributed by atoms with Gasteiger partial charge in [-0.15, -0.1) is 0 Å². The Morgan fingerprint density at radius 2 is 1.50 bits per heavy atom. The second kappa shape index (κ2) is 22.5. The molecule has 0 saturated heterocycles. The van der Waals surface area contributed by atoms with Gasteiger partial charge in [0.2, 0.25) is 0 Å². The van der Waals surface area contributed by atoms with E-state index in [1.54, 1.807) is 0 Å². The molecule has 0 aromatic carbocycles. The Kier molecular flexibility index (Phi) is 51.6. The van der Waals surface area contributed by atoms with Crippen LogP contribution >= 0.6 is 20.9 Å². The molecule has 0 aromatic rings. The van der Waals surface area contributed by atoms with Gasteiger partial charge in [0.25, 0.3) is 0 Å². The van der Waals surface area contributed by atoms with Crippen molar-refractivity contribution in [1.82, 2.24) is 0 Å². The maximum absolute atomic E-state index is 8.52. The summed E-state index contributed by atoms with van der Waals surface area (Å²) in [6.45, 7) is 2.10. The van der Waals surface area contributed by atoms with Crippen LogP contribution in [-0.4, -0.2) is 5.75 Å². The number of hydrogen-bond acceptors (Lipinski definition) is 4. The van der Waals surface area contributed by atoms with E-state index >= 15 is 0 Å². The van der Waals surface area contributed by atoms with Crippen LogP contribution in [0.15, 0.2) is 0 Å². The van der Waals surface area contributed by atoms with Gasteiger partial charge < -0.3 is 14.4 Å². The van der Waals surface area contributed by atoms with Crippen molar-refractivity contribution in [1.29, 1.82) is 0 Å². The van der Waals surface area contributed by atoms with Crippen LogP contribution in [0.4, 0.5) is 0 Å². The monoisotopic (exact) mass is 202 g/mol. The van der Waals surface area contributed by atoms with E-state index in [1.807, 2.05) is 0 Å². The van der Waals surface area contributed by atoms with Gasteiger partial charge in [0, 0.05) is 0 Å². The predicted molar refractivity (Wildman–Crippen MR) is 33.1 cm³/mol. The Bertz CT molecular complexity index is 59.7. The van der Waals surface area contributed by atoms with E-state index in [1.165, 1.54) is 6.42 Å². The summed E-state index contributed by atoms with van der Waals surface area (Å²) >= 11 is 3.92. The first-order valence-corrected chi connectivity index (χ1v) is 3.99. The predicted octanol–water partition coefficient (Wildman–Crippen LogP) is -6.57. The van der Waals surface area contributed by atoms with Crippen LogP contribution in [0.2, 0.25) is 0 Å². The van der Waals surface area contributed by atoms with Crippen molar-refractivity contribution in [2.75, 3.05) is 5.75 Å². The summed E-state index contributed by atoms with van der Waals surface area (Å²) in [6, 6.07) is 0. The second-order valence-corrected chi connectivity index (χ2v) is 1.92. The van der Waals surface area contributed by atoms with Gasteiger partial charge in [-0.05, 0) is 12.2 Å². The van der Waals surface area contributed by atoms with Gasteiger partial charge in [0.15, 0.2) is 0 Å². The zero-order chi connectivity index (χ0) is 6.99. The smallest absolute Gasteiger partial charge is 0.813 e. The topological polar surface area (TPSA) is 63.2 Å². The van der Waals surface area contributed by atoms with Crippen LogP contribution in [0.1, 0.15) is 13.3 Å². The first-order valence-electron chi connectivity index (χ1n) is 2.14. The molecule has 0 bridgehead atoms. The second-order valence-electron chi connectivity index (χ2n) is 0.974. The Morgan fingerprint density at radius 3 is 1.50 bits per heavy atom. The quantitative estimate of drug-likeness (QED) is 0.261. The minimum atomic E-state index is -3.63. The minimum Gasteiger partial charge on any atom is -0.813 e. The molecular weight excluding hydrogens is 193 g/mol. The molecule has 10 heavy (non-hydrogen) atoms. The SMILES string of the molecule is CCCS.O=[PH]([O-])[O-].[Na+].[Na+]. The molecule has 0 unspecified atom stereocenters.